The summed E-state index contributed by atoms with van der Waals surface area (Å²) in [6.07, 6.45) is 1.28. The van der Waals surface area contributed by atoms with E-state index in [2.05, 4.69) is 10.3 Å². The van der Waals surface area contributed by atoms with Gasteiger partial charge in [0.1, 0.15) is 0 Å². The van der Waals surface area contributed by atoms with E-state index in [1.807, 2.05) is 32.0 Å². The summed E-state index contributed by atoms with van der Waals surface area (Å²) in [5, 5.41) is 2.75. The Morgan fingerprint density at radius 2 is 2.27 bits per heavy atom. The smallest absolute Gasteiger partial charge is 0.407 e. The molecule has 0 bridgehead atoms. The molecule has 0 aliphatic carbocycles. The minimum atomic E-state index is -0.520. The number of rotatable bonds is 3. The first-order chi connectivity index (χ1) is 7.06. The van der Waals surface area contributed by atoms with Gasteiger partial charge in [0.15, 0.2) is 0 Å². The van der Waals surface area contributed by atoms with Crippen molar-refractivity contribution < 1.29 is 9.53 Å². The van der Waals surface area contributed by atoms with Crippen molar-refractivity contribution in [1.82, 2.24) is 10.3 Å². The molecular formula is C11H16N2O2. The lowest BCUT2D eigenvalue weighted by molar-refractivity contribution is 0.141. The molecule has 0 spiro atoms. The highest BCUT2D eigenvalue weighted by Crippen LogP contribution is 2.16. The van der Waals surface area contributed by atoms with Gasteiger partial charge in [0.25, 0.3) is 0 Å². The fraction of sp³-hybridized carbons (Fsp3) is 0.455. The van der Waals surface area contributed by atoms with E-state index in [0.29, 0.717) is 6.61 Å². The zero-order valence-electron chi connectivity index (χ0n) is 9.28. The van der Waals surface area contributed by atoms with Gasteiger partial charge in [-0.15, -0.1) is 0 Å². The lowest BCUT2D eigenvalue weighted by atomic mass is 10.0. The molecule has 1 amide bonds. The Bertz CT molecular complexity index is 323. The second kappa shape index (κ2) is 4.77. The summed E-state index contributed by atoms with van der Waals surface area (Å²) >= 11 is 0. The molecule has 0 aliphatic heterocycles. The molecule has 1 aromatic rings. The van der Waals surface area contributed by atoms with Crippen LogP contribution in [-0.4, -0.2) is 17.7 Å². The van der Waals surface area contributed by atoms with Gasteiger partial charge in [-0.2, -0.15) is 0 Å². The van der Waals surface area contributed by atoms with E-state index in [0.717, 1.165) is 5.69 Å². The molecular weight excluding hydrogens is 192 g/mol. The molecule has 0 atom stereocenters. The first-order valence-corrected chi connectivity index (χ1v) is 4.92. The Balaban J connectivity index is 2.71. The average molecular weight is 208 g/mol. The number of nitrogens with one attached hydrogen (secondary N) is 1. The van der Waals surface area contributed by atoms with Gasteiger partial charge in [-0.25, -0.2) is 4.79 Å². The number of carbonyl (C=O) groups is 1. The largest absolute Gasteiger partial charge is 0.450 e. The number of pyridine rings is 1. The van der Waals surface area contributed by atoms with Crippen LogP contribution in [0, 0.1) is 0 Å². The molecule has 4 nitrogen and oxygen atoms in total. The summed E-state index contributed by atoms with van der Waals surface area (Å²) < 4.78 is 4.82. The van der Waals surface area contributed by atoms with E-state index >= 15 is 0 Å². The van der Waals surface area contributed by atoms with Gasteiger partial charge < -0.3 is 10.1 Å². The highest BCUT2D eigenvalue weighted by molar-refractivity contribution is 5.68. The Hall–Kier alpha value is -1.58. The van der Waals surface area contributed by atoms with Crippen molar-refractivity contribution in [1.29, 1.82) is 0 Å². The van der Waals surface area contributed by atoms with Crippen molar-refractivity contribution in [3.63, 3.8) is 0 Å². The van der Waals surface area contributed by atoms with Gasteiger partial charge in [0.05, 0.1) is 17.8 Å². The van der Waals surface area contributed by atoms with E-state index in [-0.39, 0.29) is 0 Å². The van der Waals surface area contributed by atoms with Crippen LogP contribution in [0.2, 0.25) is 0 Å². The summed E-state index contributed by atoms with van der Waals surface area (Å²) in [4.78, 5) is 15.5. The van der Waals surface area contributed by atoms with Crippen LogP contribution in [0.15, 0.2) is 24.4 Å². The molecule has 1 N–H and O–H groups in total. The van der Waals surface area contributed by atoms with Crippen LogP contribution < -0.4 is 5.32 Å². The third-order valence-electron chi connectivity index (χ3n) is 2.00. The third kappa shape index (κ3) is 3.23. The first-order valence-electron chi connectivity index (χ1n) is 4.92. The van der Waals surface area contributed by atoms with Crippen LogP contribution in [0.4, 0.5) is 4.79 Å². The molecule has 0 saturated carbocycles. The number of hydrogen-bond donors (Lipinski definition) is 1. The topological polar surface area (TPSA) is 51.2 Å². The maximum Gasteiger partial charge on any atom is 0.407 e. The van der Waals surface area contributed by atoms with Crippen molar-refractivity contribution >= 4 is 6.09 Å². The van der Waals surface area contributed by atoms with E-state index in [4.69, 9.17) is 4.74 Å². The zero-order chi connectivity index (χ0) is 11.3. The maximum absolute atomic E-state index is 11.3. The number of amides is 1. The summed E-state index contributed by atoms with van der Waals surface area (Å²) in [7, 11) is 0. The Labute approximate surface area is 89.7 Å². The minimum absolute atomic E-state index is 0.365. The summed E-state index contributed by atoms with van der Waals surface area (Å²) in [5.74, 6) is 0. The van der Waals surface area contributed by atoms with Crippen LogP contribution in [0.3, 0.4) is 0 Å². The Kier molecular flexibility index (Phi) is 3.66. The van der Waals surface area contributed by atoms with Crippen LogP contribution >= 0.6 is 0 Å². The van der Waals surface area contributed by atoms with Crippen LogP contribution in [0.1, 0.15) is 26.5 Å². The SMILES string of the molecule is CCOC(=O)NC(C)(C)c1ccccn1. The second-order valence-corrected chi connectivity index (χ2v) is 3.69. The molecule has 0 saturated heterocycles. The number of nitrogens with zero attached hydrogens (tertiary/aromatic N) is 1. The highest BCUT2D eigenvalue weighted by Gasteiger charge is 2.24. The first kappa shape index (κ1) is 11.5. The van der Waals surface area contributed by atoms with Crippen molar-refractivity contribution in [2.24, 2.45) is 0 Å². The van der Waals surface area contributed by atoms with Gasteiger partial charge in [-0.1, -0.05) is 6.07 Å². The predicted molar refractivity (Wildman–Crippen MR) is 57.4 cm³/mol. The summed E-state index contributed by atoms with van der Waals surface area (Å²) in [5.41, 5.74) is 0.283. The standard InChI is InChI=1S/C11H16N2O2/c1-4-15-10(14)13-11(2,3)9-7-5-6-8-12-9/h5-8H,4H2,1-3H3,(H,13,14). The summed E-state index contributed by atoms with van der Waals surface area (Å²) in [6.45, 7) is 5.90. The average Bonchev–Trinajstić information content (AvgIpc) is 2.18. The van der Waals surface area contributed by atoms with E-state index in [9.17, 15) is 4.79 Å². The fourth-order valence-electron chi connectivity index (χ4n) is 1.22. The monoisotopic (exact) mass is 208 g/mol. The van der Waals surface area contributed by atoms with Gasteiger partial charge in [0.2, 0.25) is 0 Å². The third-order valence-corrected chi connectivity index (χ3v) is 2.00. The molecule has 4 heteroatoms. The Morgan fingerprint density at radius 3 is 2.80 bits per heavy atom. The lowest BCUT2D eigenvalue weighted by Gasteiger charge is -2.24. The molecule has 0 aromatic carbocycles. The molecule has 0 radical (unpaired) electrons. The normalized spacial score (nSPS) is 10.9. The van der Waals surface area contributed by atoms with Crippen LogP contribution in [-0.2, 0) is 10.3 Å². The number of hydrogen-bond acceptors (Lipinski definition) is 3. The van der Waals surface area contributed by atoms with Gasteiger partial charge in [-0.3, -0.25) is 4.98 Å². The molecule has 0 unspecified atom stereocenters. The maximum atomic E-state index is 11.3. The van der Waals surface area contributed by atoms with Gasteiger partial charge in [0, 0.05) is 6.20 Å². The molecule has 0 aliphatic rings. The number of aromatic nitrogens is 1. The minimum Gasteiger partial charge on any atom is -0.450 e. The van der Waals surface area contributed by atoms with Crippen molar-refractivity contribution in [2.75, 3.05) is 6.61 Å². The number of alkyl carbamates (subject to hydrolysis) is 1. The van der Waals surface area contributed by atoms with Crippen molar-refractivity contribution in [2.45, 2.75) is 26.3 Å². The Morgan fingerprint density at radius 1 is 1.53 bits per heavy atom. The molecule has 1 heterocycles. The second-order valence-electron chi connectivity index (χ2n) is 3.69. The molecule has 0 fully saturated rings. The fourth-order valence-corrected chi connectivity index (χ4v) is 1.22. The molecule has 1 rings (SSSR count). The van der Waals surface area contributed by atoms with E-state index < -0.39 is 11.6 Å². The number of ether oxygens (including phenoxy) is 1. The molecule has 1 aromatic heterocycles. The van der Waals surface area contributed by atoms with Crippen LogP contribution in [0.5, 0.6) is 0 Å². The highest BCUT2D eigenvalue weighted by atomic mass is 16.5. The predicted octanol–water partition coefficient (Wildman–Crippen LogP) is 2.06. The number of carbonyl (C=O) groups excluding carboxylic acids is 1. The van der Waals surface area contributed by atoms with Crippen LogP contribution in [0.25, 0.3) is 0 Å². The summed E-state index contributed by atoms with van der Waals surface area (Å²) in [6, 6.07) is 5.59. The van der Waals surface area contributed by atoms with E-state index in [1.165, 1.54) is 0 Å². The van der Waals surface area contributed by atoms with Crippen molar-refractivity contribution in [3.8, 4) is 0 Å². The quantitative estimate of drug-likeness (QED) is 0.827. The van der Waals surface area contributed by atoms with Gasteiger partial charge in [-0.05, 0) is 32.9 Å². The van der Waals surface area contributed by atoms with Crippen molar-refractivity contribution in [3.05, 3.63) is 30.1 Å². The molecule has 82 valence electrons. The molecule has 15 heavy (non-hydrogen) atoms. The van der Waals surface area contributed by atoms with Gasteiger partial charge >= 0.3 is 6.09 Å². The van der Waals surface area contributed by atoms with E-state index in [1.54, 1.807) is 13.1 Å². The zero-order valence-corrected chi connectivity index (χ0v) is 9.28. The lowest BCUT2D eigenvalue weighted by Crippen LogP contribution is -2.41.